The number of carbonyl (C=O) groups is 1. The van der Waals surface area contributed by atoms with E-state index in [4.69, 9.17) is 4.74 Å². The highest BCUT2D eigenvalue weighted by molar-refractivity contribution is 6.06. The average Bonchev–Trinajstić information content (AvgIpc) is 3.03. The van der Waals surface area contributed by atoms with E-state index in [1.165, 1.54) is 0 Å². The topological polar surface area (TPSA) is 56.1 Å². The molecule has 5 nitrogen and oxygen atoms in total. The van der Waals surface area contributed by atoms with E-state index in [1.807, 2.05) is 60.7 Å². The SMILES string of the molecule is COc1cc2ccccc2cc1C(=O)Nn1cnc2ccccc21. The molecule has 4 aromatic rings. The molecule has 4 rings (SSSR count). The van der Waals surface area contributed by atoms with Crippen LogP contribution in [0.3, 0.4) is 0 Å². The Morgan fingerprint density at radius 2 is 1.75 bits per heavy atom. The second kappa shape index (κ2) is 5.70. The second-order valence-corrected chi connectivity index (χ2v) is 5.44. The summed E-state index contributed by atoms with van der Waals surface area (Å²) in [4.78, 5) is 17.0. The highest BCUT2D eigenvalue weighted by Gasteiger charge is 2.15. The van der Waals surface area contributed by atoms with Crippen molar-refractivity contribution in [2.75, 3.05) is 12.5 Å². The Hall–Kier alpha value is -3.34. The number of rotatable bonds is 3. The van der Waals surface area contributed by atoms with Gasteiger partial charge in [-0.25, -0.2) is 9.66 Å². The van der Waals surface area contributed by atoms with Crippen LogP contribution in [-0.2, 0) is 0 Å². The van der Waals surface area contributed by atoms with Gasteiger partial charge in [-0.3, -0.25) is 10.2 Å². The Morgan fingerprint density at radius 1 is 1.04 bits per heavy atom. The van der Waals surface area contributed by atoms with Crippen LogP contribution < -0.4 is 10.2 Å². The normalized spacial score (nSPS) is 10.9. The van der Waals surface area contributed by atoms with Gasteiger partial charge in [0.2, 0.25) is 0 Å². The Bertz CT molecular complexity index is 1050. The number of hydrogen-bond donors (Lipinski definition) is 1. The Balaban J connectivity index is 1.75. The number of para-hydroxylation sites is 2. The van der Waals surface area contributed by atoms with Gasteiger partial charge in [0.1, 0.15) is 12.1 Å². The van der Waals surface area contributed by atoms with E-state index in [2.05, 4.69) is 10.4 Å². The summed E-state index contributed by atoms with van der Waals surface area (Å²) in [5.41, 5.74) is 5.00. The molecule has 0 saturated heterocycles. The third-order valence-corrected chi connectivity index (χ3v) is 3.99. The van der Waals surface area contributed by atoms with Crippen molar-refractivity contribution in [3.63, 3.8) is 0 Å². The lowest BCUT2D eigenvalue weighted by Crippen LogP contribution is -2.22. The number of amides is 1. The van der Waals surface area contributed by atoms with Gasteiger partial charge < -0.3 is 4.74 Å². The zero-order chi connectivity index (χ0) is 16.5. The van der Waals surface area contributed by atoms with E-state index in [0.29, 0.717) is 11.3 Å². The molecule has 0 saturated carbocycles. The van der Waals surface area contributed by atoms with Crippen molar-refractivity contribution in [3.8, 4) is 5.75 Å². The third kappa shape index (κ3) is 2.36. The largest absolute Gasteiger partial charge is 0.496 e. The number of nitrogens with zero attached hydrogens (tertiary/aromatic N) is 2. The number of carbonyl (C=O) groups excluding carboxylic acids is 1. The van der Waals surface area contributed by atoms with Crippen LogP contribution in [0, 0.1) is 0 Å². The van der Waals surface area contributed by atoms with Crippen LogP contribution in [0.4, 0.5) is 0 Å². The van der Waals surface area contributed by atoms with Crippen molar-refractivity contribution in [2.45, 2.75) is 0 Å². The Morgan fingerprint density at radius 3 is 2.54 bits per heavy atom. The van der Waals surface area contributed by atoms with Crippen LogP contribution in [0.15, 0.2) is 67.0 Å². The van der Waals surface area contributed by atoms with Crippen LogP contribution in [0.1, 0.15) is 10.4 Å². The molecule has 0 spiro atoms. The van der Waals surface area contributed by atoms with Gasteiger partial charge in [-0.15, -0.1) is 0 Å². The minimum atomic E-state index is -0.249. The maximum Gasteiger partial charge on any atom is 0.273 e. The fraction of sp³-hybridized carbons (Fsp3) is 0.0526. The molecule has 0 atom stereocenters. The lowest BCUT2D eigenvalue weighted by molar-refractivity contribution is 0.101. The summed E-state index contributed by atoms with van der Waals surface area (Å²) in [6, 6.07) is 19.2. The van der Waals surface area contributed by atoms with Gasteiger partial charge >= 0.3 is 0 Å². The molecule has 1 amide bonds. The molecule has 0 radical (unpaired) electrons. The first kappa shape index (κ1) is 14.3. The molecule has 5 heteroatoms. The van der Waals surface area contributed by atoms with Crippen LogP contribution in [-0.4, -0.2) is 22.7 Å². The molecule has 0 bridgehead atoms. The number of methoxy groups -OCH3 is 1. The fourth-order valence-corrected chi connectivity index (χ4v) is 2.78. The first-order valence-corrected chi connectivity index (χ1v) is 7.56. The summed E-state index contributed by atoms with van der Waals surface area (Å²) in [6.45, 7) is 0. The third-order valence-electron chi connectivity index (χ3n) is 3.99. The number of ether oxygens (including phenoxy) is 1. The van der Waals surface area contributed by atoms with Crippen LogP contribution in [0.25, 0.3) is 21.8 Å². The Kier molecular flexibility index (Phi) is 3.39. The molecule has 0 aliphatic rings. The predicted octanol–water partition coefficient (Wildman–Crippen LogP) is 3.58. The van der Waals surface area contributed by atoms with Gasteiger partial charge in [-0.05, 0) is 35.0 Å². The molecule has 1 aromatic heterocycles. The van der Waals surface area contributed by atoms with Crippen LogP contribution in [0.2, 0.25) is 0 Å². The van der Waals surface area contributed by atoms with Crippen LogP contribution >= 0.6 is 0 Å². The first-order chi connectivity index (χ1) is 11.8. The molecule has 1 heterocycles. The number of fused-ring (bicyclic) bond motifs is 2. The lowest BCUT2D eigenvalue weighted by Gasteiger charge is -2.12. The second-order valence-electron chi connectivity index (χ2n) is 5.44. The standard InChI is InChI=1S/C19H15N3O2/c1-24-18-11-14-7-3-2-6-13(14)10-15(18)19(23)21-22-12-20-16-8-4-5-9-17(16)22/h2-12H,1H3,(H,21,23). The van der Waals surface area contributed by atoms with E-state index in [1.54, 1.807) is 18.1 Å². The van der Waals surface area contributed by atoms with Crippen molar-refractivity contribution >= 4 is 27.7 Å². The predicted molar refractivity (Wildman–Crippen MR) is 93.9 cm³/mol. The van der Waals surface area contributed by atoms with E-state index in [9.17, 15) is 4.79 Å². The van der Waals surface area contributed by atoms with Crippen molar-refractivity contribution < 1.29 is 9.53 Å². The average molecular weight is 317 g/mol. The first-order valence-electron chi connectivity index (χ1n) is 7.56. The summed E-state index contributed by atoms with van der Waals surface area (Å²) in [5.74, 6) is 0.288. The number of nitrogens with one attached hydrogen (secondary N) is 1. The van der Waals surface area contributed by atoms with Gasteiger partial charge in [0.15, 0.2) is 0 Å². The maximum atomic E-state index is 12.7. The summed E-state index contributed by atoms with van der Waals surface area (Å²) in [6.07, 6.45) is 1.59. The summed E-state index contributed by atoms with van der Waals surface area (Å²) in [5, 5.41) is 2.01. The molecule has 1 N–H and O–H groups in total. The van der Waals surface area contributed by atoms with E-state index in [-0.39, 0.29) is 5.91 Å². The number of imidazole rings is 1. The van der Waals surface area contributed by atoms with Crippen molar-refractivity contribution in [2.24, 2.45) is 0 Å². The molecular formula is C19H15N3O2. The summed E-state index contributed by atoms with van der Waals surface area (Å²) < 4.78 is 7.01. The smallest absolute Gasteiger partial charge is 0.273 e. The molecule has 0 aliphatic heterocycles. The van der Waals surface area contributed by atoms with Gasteiger partial charge in [0.25, 0.3) is 5.91 Å². The van der Waals surface area contributed by atoms with E-state index in [0.717, 1.165) is 21.8 Å². The highest BCUT2D eigenvalue weighted by atomic mass is 16.5. The minimum Gasteiger partial charge on any atom is -0.496 e. The molecule has 0 unspecified atom stereocenters. The fourth-order valence-electron chi connectivity index (χ4n) is 2.78. The van der Waals surface area contributed by atoms with Crippen LogP contribution in [0.5, 0.6) is 5.75 Å². The molecule has 24 heavy (non-hydrogen) atoms. The Labute approximate surface area is 138 Å². The maximum absolute atomic E-state index is 12.7. The number of aromatic nitrogens is 2. The van der Waals surface area contributed by atoms with E-state index < -0.39 is 0 Å². The number of benzene rings is 3. The molecule has 118 valence electrons. The molecule has 3 aromatic carbocycles. The zero-order valence-corrected chi connectivity index (χ0v) is 13.1. The highest BCUT2D eigenvalue weighted by Crippen LogP contribution is 2.26. The van der Waals surface area contributed by atoms with Gasteiger partial charge in [0, 0.05) is 0 Å². The number of hydrogen-bond acceptors (Lipinski definition) is 3. The molecular weight excluding hydrogens is 302 g/mol. The monoisotopic (exact) mass is 317 g/mol. The van der Waals surface area contributed by atoms with Gasteiger partial charge in [-0.1, -0.05) is 36.4 Å². The van der Waals surface area contributed by atoms with E-state index >= 15 is 0 Å². The molecule has 0 aliphatic carbocycles. The lowest BCUT2D eigenvalue weighted by atomic mass is 10.1. The summed E-state index contributed by atoms with van der Waals surface area (Å²) >= 11 is 0. The minimum absolute atomic E-state index is 0.249. The van der Waals surface area contributed by atoms with Crippen molar-refractivity contribution in [1.29, 1.82) is 0 Å². The zero-order valence-electron chi connectivity index (χ0n) is 13.1. The van der Waals surface area contributed by atoms with Crippen molar-refractivity contribution in [1.82, 2.24) is 9.66 Å². The molecule has 0 fully saturated rings. The quantitative estimate of drug-likeness (QED) is 0.628. The van der Waals surface area contributed by atoms with Crippen molar-refractivity contribution in [3.05, 3.63) is 72.6 Å². The van der Waals surface area contributed by atoms with Gasteiger partial charge in [-0.2, -0.15) is 0 Å². The van der Waals surface area contributed by atoms with Gasteiger partial charge in [0.05, 0.1) is 23.7 Å². The summed E-state index contributed by atoms with van der Waals surface area (Å²) in [7, 11) is 1.56.